The van der Waals surface area contributed by atoms with E-state index in [0.29, 0.717) is 23.6 Å². The molecule has 2 saturated heterocycles. The van der Waals surface area contributed by atoms with Gasteiger partial charge < -0.3 is 14.5 Å². The van der Waals surface area contributed by atoms with Gasteiger partial charge in [0.2, 0.25) is 17.8 Å². The number of piperidine rings is 2. The number of benzene rings is 2. The number of hydrazone groups is 1. The first kappa shape index (κ1) is 24.6. The summed E-state index contributed by atoms with van der Waals surface area (Å²) in [5.41, 5.74) is 4.04. The number of ether oxygens (including phenoxy) is 1. The second kappa shape index (κ2) is 11.8. The minimum absolute atomic E-state index is 0.279. The molecule has 0 amide bonds. The molecule has 37 heavy (non-hydrogen) atoms. The topological polar surface area (TPSA) is 95.8 Å². The summed E-state index contributed by atoms with van der Waals surface area (Å²) >= 11 is 0. The minimum Gasteiger partial charge on any atom is -0.423 e. The standard InChI is InChI=1S/C27H30FN7O2/c28-22-11-9-21(10-12-22)24(36)37-23-13-7-20(8-14-23)19-29-33-25-30-26(34-15-3-1-4-16-34)32-27(31-25)35-17-5-2-6-18-35/h7-14,19H,1-6,15-18H2,(H,30,31,32,33)/b29-19+. The summed E-state index contributed by atoms with van der Waals surface area (Å²) < 4.78 is 18.4. The maximum Gasteiger partial charge on any atom is 0.343 e. The lowest BCUT2D eigenvalue weighted by Gasteiger charge is -2.30. The van der Waals surface area contributed by atoms with E-state index in [1.807, 2.05) is 0 Å². The number of anilines is 3. The summed E-state index contributed by atoms with van der Waals surface area (Å²) in [6.45, 7) is 3.79. The highest BCUT2D eigenvalue weighted by atomic mass is 19.1. The van der Waals surface area contributed by atoms with Crippen molar-refractivity contribution in [3.8, 4) is 5.75 Å². The molecule has 0 aliphatic carbocycles. The Kier molecular flexibility index (Phi) is 7.83. The predicted molar refractivity (Wildman–Crippen MR) is 141 cm³/mol. The smallest absolute Gasteiger partial charge is 0.343 e. The first-order valence-corrected chi connectivity index (χ1v) is 12.8. The van der Waals surface area contributed by atoms with Gasteiger partial charge in [0.05, 0.1) is 11.8 Å². The lowest BCUT2D eigenvalue weighted by molar-refractivity contribution is 0.0734. The molecule has 3 heterocycles. The van der Waals surface area contributed by atoms with Gasteiger partial charge in [0.15, 0.2) is 0 Å². The normalized spacial score (nSPS) is 16.1. The van der Waals surface area contributed by atoms with Gasteiger partial charge in [-0.15, -0.1) is 0 Å². The van der Waals surface area contributed by atoms with E-state index in [0.717, 1.165) is 57.4 Å². The van der Waals surface area contributed by atoms with Crippen molar-refractivity contribution in [2.75, 3.05) is 41.4 Å². The molecule has 3 aromatic rings. The summed E-state index contributed by atoms with van der Waals surface area (Å²) in [4.78, 5) is 30.7. The van der Waals surface area contributed by atoms with Crippen LogP contribution in [0.1, 0.15) is 54.4 Å². The van der Waals surface area contributed by atoms with Crippen molar-refractivity contribution in [1.29, 1.82) is 0 Å². The monoisotopic (exact) mass is 503 g/mol. The van der Waals surface area contributed by atoms with E-state index in [-0.39, 0.29) is 5.56 Å². The van der Waals surface area contributed by atoms with E-state index in [1.54, 1.807) is 30.5 Å². The third-order valence-electron chi connectivity index (χ3n) is 6.44. The molecule has 0 atom stereocenters. The van der Waals surface area contributed by atoms with Crippen LogP contribution in [0.25, 0.3) is 0 Å². The molecule has 1 N–H and O–H groups in total. The van der Waals surface area contributed by atoms with Gasteiger partial charge in [0.25, 0.3) is 0 Å². The fourth-order valence-electron chi connectivity index (χ4n) is 4.41. The molecule has 0 bridgehead atoms. The SMILES string of the molecule is O=C(Oc1ccc(/C=N/Nc2nc(N3CCCCC3)nc(N3CCCCC3)n2)cc1)c1ccc(F)cc1. The van der Waals surface area contributed by atoms with E-state index in [2.05, 4.69) is 30.3 Å². The fourth-order valence-corrected chi connectivity index (χ4v) is 4.41. The van der Waals surface area contributed by atoms with Gasteiger partial charge in [0, 0.05) is 26.2 Å². The first-order chi connectivity index (χ1) is 18.1. The number of aromatic nitrogens is 3. The Morgan fingerprint density at radius 1 is 0.811 bits per heavy atom. The third-order valence-corrected chi connectivity index (χ3v) is 6.44. The largest absolute Gasteiger partial charge is 0.423 e. The molecular formula is C27H30FN7O2. The number of carbonyl (C=O) groups excluding carboxylic acids is 1. The fraction of sp³-hybridized carbons (Fsp3) is 0.370. The van der Waals surface area contributed by atoms with Crippen LogP contribution in [0.4, 0.5) is 22.2 Å². The van der Waals surface area contributed by atoms with Crippen LogP contribution in [0.3, 0.4) is 0 Å². The zero-order valence-corrected chi connectivity index (χ0v) is 20.6. The number of nitrogens with one attached hydrogen (secondary N) is 1. The van der Waals surface area contributed by atoms with Crippen molar-refractivity contribution in [2.45, 2.75) is 38.5 Å². The quantitative estimate of drug-likeness (QED) is 0.215. The molecule has 2 aliphatic heterocycles. The van der Waals surface area contributed by atoms with Crippen LogP contribution in [0.15, 0.2) is 53.6 Å². The average molecular weight is 504 g/mol. The Morgan fingerprint density at radius 3 is 1.95 bits per heavy atom. The highest BCUT2D eigenvalue weighted by Gasteiger charge is 2.20. The number of rotatable bonds is 7. The van der Waals surface area contributed by atoms with Crippen LogP contribution < -0.4 is 20.0 Å². The molecule has 0 saturated carbocycles. The Morgan fingerprint density at radius 2 is 1.38 bits per heavy atom. The minimum atomic E-state index is -0.549. The molecule has 0 radical (unpaired) electrons. The molecule has 9 nitrogen and oxygen atoms in total. The second-order valence-electron chi connectivity index (χ2n) is 9.19. The zero-order valence-electron chi connectivity index (χ0n) is 20.6. The molecule has 1 aromatic heterocycles. The van der Waals surface area contributed by atoms with Crippen LogP contribution in [0.2, 0.25) is 0 Å². The van der Waals surface area contributed by atoms with Crippen LogP contribution >= 0.6 is 0 Å². The van der Waals surface area contributed by atoms with Gasteiger partial charge in [-0.05, 0) is 92.6 Å². The highest BCUT2D eigenvalue weighted by Crippen LogP contribution is 2.22. The molecule has 2 fully saturated rings. The Labute approximate surface area is 215 Å². The summed E-state index contributed by atoms with van der Waals surface area (Å²) in [7, 11) is 0. The van der Waals surface area contributed by atoms with Crippen molar-refractivity contribution < 1.29 is 13.9 Å². The molecule has 2 aromatic carbocycles. The van der Waals surface area contributed by atoms with Crippen molar-refractivity contribution in [3.05, 3.63) is 65.5 Å². The van der Waals surface area contributed by atoms with Gasteiger partial charge in [0.1, 0.15) is 11.6 Å². The lowest BCUT2D eigenvalue weighted by atomic mass is 10.1. The number of nitrogens with zero attached hydrogens (tertiary/aromatic N) is 6. The van der Waals surface area contributed by atoms with E-state index < -0.39 is 11.8 Å². The van der Waals surface area contributed by atoms with E-state index >= 15 is 0 Å². The van der Waals surface area contributed by atoms with E-state index in [4.69, 9.17) is 9.72 Å². The summed E-state index contributed by atoms with van der Waals surface area (Å²) in [6.07, 6.45) is 8.68. The number of hydrogen-bond acceptors (Lipinski definition) is 9. The molecule has 0 unspecified atom stereocenters. The molecule has 10 heteroatoms. The van der Waals surface area contributed by atoms with Crippen LogP contribution in [0.5, 0.6) is 5.75 Å². The van der Waals surface area contributed by atoms with Gasteiger partial charge in [-0.25, -0.2) is 14.6 Å². The predicted octanol–water partition coefficient (Wildman–Crippen LogP) is 4.66. The maximum atomic E-state index is 13.1. The first-order valence-electron chi connectivity index (χ1n) is 12.8. The van der Waals surface area contributed by atoms with Crippen molar-refractivity contribution in [2.24, 2.45) is 5.10 Å². The molecular weight excluding hydrogens is 473 g/mol. The second-order valence-corrected chi connectivity index (χ2v) is 9.19. The van der Waals surface area contributed by atoms with Crippen molar-refractivity contribution in [1.82, 2.24) is 15.0 Å². The summed E-state index contributed by atoms with van der Waals surface area (Å²) in [5.74, 6) is 1.23. The van der Waals surface area contributed by atoms with Crippen LogP contribution in [-0.2, 0) is 0 Å². The number of halogens is 1. The maximum absolute atomic E-state index is 13.1. The van der Waals surface area contributed by atoms with E-state index in [1.165, 1.54) is 37.1 Å². The Bertz CT molecular complexity index is 1190. The van der Waals surface area contributed by atoms with Crippen molar-refractivity contribution in [3.63, 3.8) is 0 Å². The van der Waals surface area contributed by atoms with Crippen LogP contribution in [-0.4, -0.2) is 53.3 Å². The lowest BCUT2D eigenvalue weighted by Crippen LogP contribution is -2.34. The van der Waals surface area contributed by atoms with E-state index in [9.17, 15) is 9.18 Å². The molecule has 5 rings (SSSR count). The van der Waals surface area contributed by atoms with Crippen LogP contribution in [0, 0.1) is 5.82 Å². The molecule has 0 spiro atoms. The number of hydrogen-bond donors (Lipinski definition) is 1. The average Bonchev–Trinajstić information content (AvgIpc) is 2.95. The highest BCUT2D eigenvalue weighted by molar-refractivity contribution is 5.91. The summed E-state index contributed by atoms with van der Waals surface area (Å²) in [5, 5.41) is 4.32. The van der Waals surface area contributed by atoms with Gasteiger partial charge in [-0.1, -0.05) is 0 Å². The molecule has 2 aliphatic rings. The zero-order chi connectivity index (χ0) is 25.5. The van der Waals surface area contributed by atoms with Gasteiger partial charge >= 0.3 is 5.97 Å². The molecule has 192 valence electrons. The number of esters is 1. The number of carbonyl (C=O) groups is 1. The Balaban J connectivity index is 1.24. The van der Waals surface area contributed by atoms with Crippen molar-refractivity contribution >= 4 is 30.0 Å². The van der Waals surface area contributed by atoms with Gasteiger partial charge in [-0.3, -0.25) is 0 Å². The Hall–Kier alpha value is -4.08. The van der Waals surface area contributed by atoms with Gasteiger partial charge in [-0.2, -0.15) is 20.1 Å². The third kappa shape index (κ3) is 6.58. The summed E-state index contributed by atoms with van der Waals surface area (Å²) in [6, 6.07) is 12.1.